The number of primary amides is 1. The van der Waals surface area contributed by atoms with Crippen molar-refractivity contribution in [2.45, 2.75) is 69.0 Å². The van der Waals surface area contributed by atoms with Crippen LogP contribution in [0.25, 0.3) is 0 Å². The van der Waals surface area contributed by atoms with Gasteiger partial charge in [-0.15, -0.1) is 10.2 Å². The first-order valence-corrected chi connectivity index (χ1v) is 9.07. The quantitative estimate of drug-likeness (QED) is 0.786. The molecule has 1 amide bonds. The van der Waals surface area contributed by atoms with E-state index in [1.807, 2.05) is 11.8 Å². The maximum atomic E-state index is 11.1. The van der Waals surface area contributed by atoms with Crippen molar-refractivity contribution in [3.63, 3.8) is 0 Å². The lowest BCUT2D eigenvalue weighted by atomic mass is 9.91. The van der Waals surface area contributed by atoms with Gasteiger partial charge in [-0.05, 0) is 31.6 Å². The minimum Gasteiger partial charge on any atom is -0.370 e. The zero-order valence-electron chi connectivity index (χ0n) is 12.5. The van der Waals surface area contributed by atoms with Gasteiger partial charge in [0.05, 0.1) is 0 Å². The molecule has 1 heterocycles. The van der Waals surface area contributed by atoms with E-state index in [0.29, 0.717) is 18.9 Å². The monoisotopic (exact) mass is 308 g/mol. The maximum absolute atomic E-state index is 11.1. The highest BCUT2D eigenvalue weighted by Gasteiger charge is 2.30. The van der Waals surface area contributed by atoms with E-state index in [1.54, 1.807) is 0 Å². The van der Waals surface area contributed by atoms with Gasteiger partial charge in [-0.2, -0.15) is 0 Å². The molecule has 2 fully saturated rings. The van der Waals surface area contributed by atoms with Crippen LogP contribution in [0.2, 0.25) is 0 Å². The fraction of sp³-hybridized carbons (Fsp3) is 0.800. The minimum absolute atomic E-state index is 0.256. The van der Waals surface area contributed by atoms with Gasteiger partial charge in [0.1, 0.15) is 5.82 Å². The number of rotatable bonds is 7. The molecule has 2 aliphatic carbocycles. The average Bonchev–Trinajstić information content (AvgIpc) is 3.25. The molecule has 3 rings (SSSR count). The lowest BCUT2D eigenvalue weighted by molar-refractivity contribution is -0.118. The topological polar surface area (TPSA) is 73.8 Å². The van der Waals surface area contributed by atoms with Crippen LogP contribution in [0.5, 0.6) is 0 Å². The van der Waals surface area contributed by atoms with E-state index in [-0.39, 0.29) is 5.91 Å². The predicted molar refractivity (Wildman–Crippen MR) is 83.1 cm³/mol. The summed E-state index contributed by atoms with van der Waals surface area (Å²) in [5, 5.41) is 9.70. The smallest absolute Gasteiger partial charge is 0.219 e. The molecule has 2 N–H and O–H groups in total. The van der Waals surface area contributed by atoms with Gasteiger partial charge in [0.25, 0.3) is 0 Å². The van der Waals surface area contributed by atoms with Crippen LogP contribution in [-0.2, 0) is 11.3 Å². The van der Waals surface area contributed by atoms with Gasteiger partial charge >= 0.3 is 0 Å². The number of aromatic nitrogens is 3. The molecule has 1 aromatic heterocycles. The molecular formula is C15H24N4OS. The first-order chi connectivity index (χ1) is 10.2. The fourth-order valence-corrected chi connectivity index (χ4v) is 4.19. The van der Waals surface area contributed by atoms with Gasteiger partial charge in [0.2, 0.25) is 5.91 Å². The van der Waals surface area contributed by atoms with Crippen LogP contribution in [0.4, 0.5) is 0 Å². The highest BCUT2D eigenvalue weighted by atomic mass is 32.2. The summed E-state index contributed by atoms with van der Waals surface area (Å²) < 4.78 is 2.13. The SMILES string of the molecule is NC(=O)CCn1c(SCC2CCCCC2)nnc1C1CC1. The Labute approximate surface area is 130 Å². The summed E-state index contributed by atoms with van der Waals surface area (Å²) >= 11 is 1.81. The normalized spacial score (nSPS) is 19.8. The molecule has 1 aromatic rings. The zero-order valence-corrected chi connectivity index (χ0v) is 13.3. The van der Waals surface area contributed by atoms with Gasteiger partial charge in [0, 0.05) is 24.6 Å². The number of carbonyl (C=O) groups is 1. The third-order valence-corrected chi connectivity index (χ3v) is 5.64. The summed E-state index contributed by atoms with van der Waals surface area (Å²) in [4.78, 5) is 11.1. The van der Waals surface area contributed by atoms with Crippen molar-refractivity contribution in [2.24, 2.45) is 11.7 Å². The van der Waals surface area contributed by atoms with Crippen LogP contribution in [0.3, 0.4) is 0 Å². The lowest BCUT2D eigenvalue weighted by Crippen LogP contribution is -2.16. The molecule has 0 aliphatic heterocycles. The number of nitrogens with two attached hydrogens (primary N) is 1. The van der Waals surface area contributed by atoms with Crippen molar-refractivity contribution in [1.82, 2.24) is 14.8 Å². The second kappa shape index (κ2) is 6.81. The molecule has 116 valence electrons. The number of nitrogens with zero attached hydrogens (tertiary/aromatic N) is 3. The van der Waals surface area contributed by atoms with E-state index in [4.69, 9.17) is 5.73 Å². The van der Waals surface area contributed by atoms with Crippen LogP contribution in [0.15, 0.2) is 5.16 Å². The summed E-state index contributed by atoms with van der Waals surface area (Å²) in [6.07, 6.45) is 9.58. The second-order valence-corrected chi connectivity index (χ2v) is 7.29. The molecule has 2 aliphatic rings. The Bertz CT molecular complexity index is 492. The van der Waals surface area contributed by atoms with Gasteiger partial charge < -0.3 is 10.3 Å². The number of amides is 1. The third kappa shape index (κ3) is 3.99. The van der Waals surface area contributed by atoms with Crippen molar-refractivity contribution in [3.05, 3.63) is 5.82 Å². The maximum Gasteiger partial charge on any atom is 0.219 e. The van der Waals surface area contributed by atoms with Crippen LogP contribution in [0, 0.1) is 5.92 Å². The summed E-state index contributed by atoms with van der Waals surface area (Å²) in [5.41, 5.74) is 5.29. The molecule has 21 heavy (non-hydrogen) atoms. The summed E-state index contributed by atoms with van der Waals surface area (Å²) in [6.45, 7) is 0.626. The second-order valence-electron chi connectivity index (χ2n) is 6.30. The summed E-state index contributed by atoms with van der Waals surface area (Å²) in [7, 11) is 0. The van der Waals surface area contributed by atoms with Crippen molar-refractivity contribution in [2.75, 3.05) is 5.75 Å². The minimum atomic E-state index is -0.256. The number of carbonyl (C=O) groups excluding carboxylic acids is 1. The van der Waals surface area contributed by atoms with Crippen LogP contribution in [0.1, 0.15) is 63.1 Å². The molecule has 0 bridgehead atoms. The Morgan fingerprint density at radius 2 is 1.95 bits per heavy atom. The Morgan fingerprint density at radius 3 is 2.62 bits per heavy atom. The summed E-state index contributed by atoms with van der Waals surface area (Å²) in [6, 6.07) is 0. The fourth-order valence-electron chi connectivity index (χ4n) is 3.03. The van der Waals surface area contributed by atoms with Gasteiger partial charge in [0.15, 0.2) is 5.16 Å². The first-order valence-electron chi connectivity index (χ1n) is 8.08. The van der Waals surface area contributed by atoms with E-state index in [2.05, 4.69) is 14.8 Å². The standard InChI is InChI=1S/C15H24N4OS/c16-13(20)8-9-19-14(12-6-7-12)17-18-15(19)21-10-11-4-2-1-3-5-11/h11-12H,1-10H2,(H2,16,20). The Balaban J connectivity index is 1.63. The van der Waals surface area contributed by atoms with E-state index in [0.717, 1.165) is 22.7 Å². The van der Waals surface area contributed by atoms with Crippen molar-refractivity contribution in [3.8, 4) is 0 Å². The molecular weight excluding hydrogens is 284 g/mol. The highest BCUT2D eigenvalue weighted by molar-refractivity contribution is 7.99. The van der Waals surface area contributed by atoms with E-state index in [1.165, 1.54) is 44.9 Å². The van der Waals surface area contributed by atoms with Gasteiger partial charge in [-0.3, -0.25) is 4.79 Å². The number of hydrogen-bond acceptors (Lipinski definition) is 4. The predicted octanol–water partition coefficient (Wildman–Crippen LogP) is 2.70. The largest absolute Gasteiger partial charge is 0.370 e. The third-order valence-electron chi connectivity index (χ3n) is 4.44. The molecule has 6 heteroatoms. The molecule has 0 aromatic carbocycles. The van der Waals surface area contributed by atoms with Crippen LogP contribution in [-0.4, -0.2) is 26.4 Å². The lowest BCUT2D eigenvalue weighted by Gasteiger charge is -2.20. The first kappa shape index (κ1) is 14.9. The number of hydrogen-bond donors (Lipinski definition) is 1. The van der Waals surface area contributed by atoms with Crippen molar-refractivity contribution < 1.29 is 4.79 Å². The molecule has 0 unspecified atom stereocenters. The van der Waals surface area contributed by atoms with E-state index in [9.17, 15) is 4.79 Å². The average molecular weight is 308 g/mol. The van der Waals surface area contributed by atoms with E-state index < -0.39 is 0 Å². The van der Waals surface area contributed by atoms with Crippen LogP contribution < -0.4 is 5.73 Å². The van der Waals surface area contributed by atoms with Gasteiger partial charge in [-0.25, -0.2) is 0 Å². The molecule has 5 nitrogen and oxygen atoms in total. The number of thioether (sulfide) groups is 1. The Morgan fingerprint density at radius 1 is 1.19 bits per heavy atom. The van der Waals surface area contributed by atoms with Gasteiger partial charge in [-0.1, -0.05) is 31.0 Å². The van der Waals surface area contributed by atoms with E-state index >= 15 is 0 Å². The molecule has 2 saturated carbocycles. The van der Waals surface area contributed by atoms with Crippen molar-refractivity contribution in [1.29, 1.82) is 0 Å². The Hall–Kier alpha value is -1.04. The zero-order chi connectivity index (χ0) is 14.7. The highest BCUT2D eigenvalue weighted by Crippen LogP contribution is 2.40. The molecule has 0 spiro atoms. The van der Waals surface area contributed by atoms with Crippen molar-refractivity contribution >= 4 is 17.7 Å². The molecule has 0 atom stereocenters. The molecule has 0 saturated heterocycles. The van der Waals surface area contributed by atoms with Crippen LogP contribution >= 0.6 is 11.8 Å². The summed E-state index contributed by atoms with van der Waals surface area (Å²) in [5.74, 6) is 3.29. The Kier molecular flexibility index (Phi) is 4.83. The molecule has 0 radical (unpaired) electrons.